The summed E-state index contributed by atoms with van der Waals surface area (Å²) in [6.45, 7) is 3.29. The van der Waals surface area contributed by atoms with Gasteiger partial charge in [-0.1, -0.05) is 29.4 Å². The van der Waals surface area contributed by atoms with Crippen molar-refractivity contribution in [2.45, 2.75) is 19.9 Å². The van der Waals surface area contributed by atoms with Gasteiger partial charge in [0.1, 0.15) is 11.5 Å². The van der Waals surface area contributed by atoms with Crippen LogP contribution in [0.5, 0.6) is 11.5 Å². The first kappa shape index (κ1) is 12.7. The van der Waals surface area contributed by atoms with E-state index in [-0.39, 0.29) is 5.91 Å². The van der Waals surface area contributed by atoms with Crippen molar-refractivity contribution in [3.63, 3.8) is 0 Å². The molecule has 1 atom stereocenters. The Hall–Kier alpha value is -2.98. The molecular formula is C16H14N4O2. The number of nitrogens with one attached hydrogen (secondary N) is 1. The lowest BCUT2D eigenvalue weighted by Gasteiger charge is -2.29. The second-order valence-electron chi connectivity index (χ2n) is 5.11. The summed E-state index contributed by atoms with van der Waals surface area (Å²) in [6, 6.07) is 10.1. The van der Waals surface area contributed by atoms with E-state index >= 15 is 0 Å². The van der Waals surface area contributed by atoms with Crippen LogP contribution in [-0.4, -0.2) is 5.91 Å². The van der Waals surface area contributed by atoms with Gasteiger partial charge in [0.15, 0.2) is 1.41 Å². The maximum atomic E-state index is 11.7. The third-order valence-corrected chi connectivity index (χ3v) is 3.45. The molecule has 6 nitrogen and oxygen atoms in total. The summed E-state index contributed by atoms with van der Waals surface area (Å²) in [5, 5.41) is 4.50. The van der Waals surface area contributed by atoms with Crippen LogP contribution in [0.25, 0.3) is 10.4 Å². The molecule has 1 aliphatic rings. The summed E-state index contributed by atoms with van der Waals surface area (Å²) >= 11 is 0. The first-order chi connectivity index (χ1) is 11.0. The maximum absolute atomic E-state index is 11.7. The zero-order valence-corrected chi connectivity index (χ0v) is 12.1. The van der Waals surface area contributed by atoms with E-state index in [0.717, 1.165) is 16.4 Å². The normalized spacial score (nSPS) is 15.5. The number of ether oxygens (including phenoxy) is 1. The average molecular weight is 296 g/mol. The van der Waals surface area contributed by atoms with Gasteiger partial charge in [0, 0.05) is 28.6 Å². The Morgan fingerprint density at radius 3 is 2.68 bits per heavy atom. The number of amides is 1. The molecule has 3 rings (SSSR count). The molecule has 22 heavy (non-hydrogen) atoms. The quantitative estimate of drug-likeness (QED) is 0.509. The Morgan fingerprint density at radius 2 is 2.00 bits per heavy atom. The number of nitrogens with zero attached hydrogens (tertiary/aromatic N) is 3. The molecule has 0 fully saturated rings. The molecule has 110 valence electrons. The van der Waals surface area contributed by atoms with Crippen LogP contribution >= 0.6 is 0 Å². The Balaban J connectivity index is 2.20. The smallest absolute Gasteiger partial charge is 0.217 e. The standard InChI is InChI=1S/C16H14N4O2/c1-9-3-5-12-14(7-9)22-15-8-11(19-20-17)4-6-13(15)16(12)18-10(2)21/h3-8,16H,1-2H3,(H,18,21)/i/hT. The van der Waals surface area contributed by atoms with Crippen LogP contribution in [0.1, 0.15) is 29.7 Å². The van der Waals surface area contributed by atoms with Crippen LogP contribution in [0.2, 0.25) is 1.41 Å². The Kier molecular flexibility index (Phi) is 3.14. The van der Waals surface area contributed by atoms with Crippen LogP contribution in [0, 0.1) is 6.92 Å². The van der Waals surface area contributed by atoms with Gasteiger partial charge < -0.3 is 10.0 Å². The van der Waals surface area contributed by atoms with Gasteiger partial charge >= 0.3 is 0 Å². The fraction of sp³-hybridized carbons (Fsp3) is 0.188. The zero-order valence-electron chi connectivity index (χ0n) is 13.1. The van der Waals surface area contributed by atoms with E-state index in [1.807, 2.05) is 25.1 Å². The molecule has 2 aromatic carbocycles. The number of benzene rings is 2. The van der Waals surface area contributed by atoms with E-state index in [1.165, 1.54) is 6.92 Å². The van der Waals surface area contributed by atoms with Crippen LogP contribution in [0.4, 0.5) is 5.69 Å². The van der Waals surface area contributed by atoms with E-state index in [1.54, 1.807) is 18.2 Å². The van der Waals surface area contributed by atoms with Crippen molar-refractivity contribution in [1.29, 1.82) is 0 Å². The molecule has 1 amide bonds. The van der Waals surface area contributed by atoms with Crippen LogP contribution in [0.3, 0.4) is 0 Å². The Morgan fingerprint density at radius 1 is 1.32 bits per heavy atom. The first-order valence-corrected chi connectivity index (χ1v) is 6.77. The molecule has 2 aromatic rings. The van der Waals surface area contributed by atoms with Crippen LogP contribution in [0.15, 0.2) is 41.5 Å². The summed E-state index contributed by atoms with van der Waals surface area (Å²) in [7, 11) is 0. The third-order valence-electron chi connectivity index (χ3n) is 3.45. The highest BCUT2D eigenvalue weighted by Gasteiger charge is 2.28. The Bertz CT molecular complexity index is 846. The van der Waals surface area contributed by atoms with Crippen LogP contribution < -0.4 is 10.0 Å². The number of carbonyl (C=O) groups excluding carboxylic acids is 1. The highest BCUT2D eigenvalue weighted by atomic mass is 16.5. The lowest BCUT2D eigenvalue weighted by Crippen LogP contribution is -2.29. The van der Waals surface area contributed by atoms with E-state index in [0.29, 0.717) is 22.7 Å². The molecule has 0 saturated heterocycles. The monoisotopic (exact) mass is 296 g/mol. The minimum atomic E-state index is -0.563. The number of rotatable bonds is 2. The fourth-order valence-electron chi connectivity index (χ4n) is 2.51. The molecule has 6 heteroatoms. The first-order valence-electron chi connectivity index (χ1n) is 7.22. The predicted octanol–water partition coefficient (Wildman–Crippen LogP) is 4.27. The van der Waals surface area contributed by atoms with Gasteiger partial charge in [-0.2, -0.15) is 0 Å². The van der Waals surface area contributed by atoms with Gasteiger partial charge in [-0.05, 0) is 30.2 Å². The second kappa shape index (κ2) is 5.42. The maximum Gasteiger partial charge on any atom is 0.217 e. The molecule has 1 N–H and O–H groups in total. The van der Waals surface area contributed by atoms with Gasteiger partial charge in [0.05, 0.1) is 6.04 Å². The van der Waals surface area contributed by atoms with Gasteiger partial charge in [-0.25, -0.2) is 0 Å². The van der Waals surface area contributed by atoms with Gasteiger partial charge in [-0.15, -0.1) is 0 Å². The zero-order chi connectivity index (χ0) is 16.6. The lowest BCUT2D eigenvalue weighted by atomic mass is 9.93. The van der Waals surface area contributed by atoms with E-state index in [4.69, 9.17) is 11.7 Å². The number of hydrogen-bond donors (Lipinski definition) is 1. The number of azide groups is 1. The largest absolute Gasteiger partial charge is 0.457 e. The second-order valence-corrected chi connectivity index (χ2v) is 5.11. The molecule has 0 saturated carbocycles. The summed E-state index contributed by atoms with van der Waals surface area (Å²) in [5.41, 5.74) is 11.4. The number of fused-ring (bicyclic) bond motifs is 2. The Labute approximate surface area is 128 Å². The van der Waals surface area contributed by atoms with Crippen molar-refractivity contribution in [3.05, 3.63) is 63.5 Å². The highest BCUT2D eigenvalue weighted by Crippen LogP contribution is 2.44. The summed E-state index contributed by atoms with van der Waals surface area (Å²) in [6.07, 6.45) is 0. The lowest BCUT2D eigenvalue weighted by molar-refractivity contribution is -0.119. The van der Waals surface area contributed by atoms with Gasteiger partial charge in [0.2, 0.25) is 5.91 Å². The van der Waals surface area contributed by atoms with Crippen molar-refractivity contribution < 1.29 is 10.9 Å². The molecule has 0 bridgehead atoms. The molecular weight excluding hydrogens is 280 g/mol. The van der Waals surface area contributed by atoms with Crippen molar-refractivity contribution in [1.82, 2.24) is 5.31 Å². The topological polar surface area (TPSA) is 87.1 Å². The number of hydrogen-bond acceptors (Lipinski definition) is 3. The van der Waals surface area contributed by atoms with E-state index in [9.17, 15) is 4.79 Å². The van der Waals surface area contributed by atoms with Gasteiger partial charge in [0.25, 0.3) is 0 Å². The van der Waals surface area contributed by atoms with Crippen molar-refractivity contribution in [2.24, 2.45) is 5.11 Å². The molecule has 1 aliphatic heterocycles. The van der Waals surface area contributed by atoms with Gasteiger partial charge in [-0.3, -0.25) is 4.79 Å². The summed E-state index contributed by atoms with van der Waals surface area (Å²) in [4.78, 5) is 14.5. The number of carbonyl (C=O) groups is 1. The SMILES string of the molecule is [3H]N(C(C)=O)C1c2ccc(C)cc2Oc2cc(N=[N+]=[N-])ccc21. The summed E-state index contributed by atoms with van der Waals surface area (Å²) < 4.78 is 14.0. The fourth-order valence-corrected chi connectivity index (χ4v) is 2.51. The third kappa shape index (κ3) is 2.47. The summed E-state index contributed by atoms with van der Waals surface area (Å²) in [5.74, 6) is 0.712. The van der Waals surface area contributed by atoms with Crippen molar-refractivity contribution in [2.75, 3.05) is 0 Å². The van der Waals surface area contributed by atoms with E-state index in [2.05, 4.69) is 10.0 Å². The van der Waals surface area contributed by atoms with Crippen molar-refractivity contribution in [3.8, 4) is 11.5 Å². The molecule has 0 spiro atoms. The molecule has 1 unspecified atom stereocenters. The highest BCUT2D eigenvalue weighted by molar-refractivity contribution is 5.75. The minimum Gasteiger partial charge on any atom is -0.457 e. The molecule has 0 radical (unpaired) electrons. The van der Waals surface area contributed by atoms with Crippen LogP contribution in [-0.2, 0) is 4.79 Å². The number of aryl methyl sites for hydroxylation is 1. The minimum absolute atomic E-state index is 0.367. The predicted molar refractivity (Wildman–Crippen MR) is 82.2 cm³/mol. The van der Waals surface area contributed by atoms with Crippen molar-refractivity contribution >= 4 is 11.6 Å². The molecule has 0 aromatic heterocycles. The van der Waals surface area contributed by atoms with E-state index < -0.39 is 6.04 Å². The molecule has 0 aliphatic carbocycles. The molecule has 1 heterocycles. The average Bonchev–Trinajstić information content (AvgIpc) is 2.52.